The van der Waals surface area contributed by atoms with E-state index in [2.05, 4.69) is 86.3 Å². The van der Waals surface area contributed by atoms with Crippen molar-refractivity contribution < 1.29 is 0 Å². The smallest absolute Gasteiger partial charge is 0.0301 e. The molecule has 0 atom stereocenters. The van der Waals surface area contributed by atoms with Crippen LogP contribution >= 0.6 is 0 Å². The number of benzene rings is 2. The first-order valence-electron chi connectivity index (χ1n) is 7.44. The van der Waals surface area contributed by atoms with Crippen LogP contribution in [-0.4, -0.2) is 0 Å². The van der Waals surface area contributed by atoms with Crippen LogP contribution in [0, 0.1) is 0 Å². The van der Waals surface area contributed by atoms with Gasteiger partial charge in [0.1, 0.15) is 0 Å². The van der Waals surface area contributed by atoms with Gasteiger partial charge >= 0.3 is 0 Å². The van der Waals surface area contributed by atoms with Crippen molar-refractivity contribution in [3.63, 3.8) is 0 Å². The maximum Gasteiger partial charge on any atom is 0.0301 e. The van der Waals surface area contributed by atoms with E-state index >= 15 is 0 Å². The third-order valence-corrected chi connectivity index (χ3v) is 3.60. The highest BCUT2D eigenvalue weighted by molar-refractivity contribution is 5.42. The summed E-state index contributed by atoms with van der Waals surface area (Å²) >= 11 is 0. The van der Waals surface area contributed by atoms with Crippen LogP contribution in [0.4, 0.5) is 0 Å². The molecule has 0 heteroatoms. The maximum absolute atomic E-state index is 3.73. The minimum absolute atomic E-state index is 0.312. The molecule has 0 unspecified atom stereocenters. The van der Waals surface area contributed by atoms with Crippen LogP contribution in [0.1, 0.15) is 30.4 Å². The molecular weight excluding hydrogens is 252 g/mol. The van der Waals surface area contributed by atoms with Crippen LogP contribution < -0.4 is 0 Å². The van der Waals surface area contributed by atoms with E-state index in [-0.39, 0.29) is 0 Å². The summed E-state index contributed by atoms with van der Waals surface area (Å²) in [4.78, 5) is 0. The van der Waals surface area contributed by atoms with E-state index in [1.165, 1.54) is 16.7 Å². The van der Waals surface area contributed by atoms with Crippen LogP contribution in [-0.2, 0) is 0 Å². The van der Waals surface area contributed by atoms with E-state index in [1.807, 2.05) is 12.2 Å². The molecular formula is C21H22. The SMILES string of the molecule is C=C/C=C\C=C(/CC)C(c1ccccc1)c1ccccc1. The van der Waals surface area contributed by atoms with Gasteiger partial charge in [-0.2, -0.15) is 0 Å². The van der Waals surface area contributed by atoms with E-state index in [0.29, 0.717) is 5.92 Å². The second-order valence-electron chi connectivity index (χ2n) is 4.97. The molecule has 0 saturated carbocycles. The van der Waals surface area contributed by atoms with Crippen molar-refractivity contribution in [2.45, 2.75) is 19.3 Å². The molecule has 21 heavy (non-hydrogen) atoms. The molecule has 0 amide bonds. The topological polar surface area (TPSA) is 0 Å². The molecule has 2 rings (SSSR count). The molecule has 2 aromatic carbocycles. The lowest BCUT2D eigenvalue weighted by Gasteiger charge is -2.21. The summed E-state index contributed by atoms with van der Waals surface area (Å²) in [7, 11) is 0. The van der Waals surface area contributed by atoms with Gasteiger partial charge in [-0.1, -0.05) is 104 Å². The standard InChI is InChI=1S/C21H22/c1-3-5-8-13-18(4-2)21(19-14-9-6-10-15-19)20-16-11-7-12-17-20/h3,5-17,21H,1,4H2,2H3/b8-5-,18-13+. The van der Waals surface area contributed by atoms with Gasteiger partial charge in [0.15, 0.2) is 0 Å². The van der Waals surface area contributed by atoms with Gasteiger partial charge in [0.25, 0.3) is 0 Å². The van der Waals surface area contributed by atoms with Crippen LogP contribution in [0.5, 0.6) is 0 Å². The monoisotopic (exact) mass is 274 g/mol. The molecule has 0 aliphatic heterocycles. The van der Waals surface area contributed by atoms with Crippen molar-refractivity contribution in [1.82, 2.24) is 0 Å². The Morgan fingerprint density at radius 2 is 1.43 bits per heavy atom. The van der Waals surface area contributed by atoms with Crippen molar-refractivity contribution in [2.24, 2.45) is 0 Å². The predicted octanol–water partition coefficient (Wildman–Crippen LogP) is 5.90. The van der Waals surface area contributed by atoms with Gasteiger partial charge in [-0.25, -0.2) is 0 Å². The fourth-order valence-electron chi connectivity index (χ4n) is 2.59. The lowest BCUT2D eigenvalue weighted by Crippen LogP contribution is -2.04. The van der Waals surface area contributed by atoms with Crippen LogP contribution in [0.25, 0.3) is 0 Å². The predicted molar refractivity (Wildman–Crippen MR) is 92.4 cm³/mol. The van der Waals surface area contributed by atoms with Gasteiger partial charge in [0.2, 0.25) is 0 Å². The summed E-state index contributed by atoms with van der Waals surface area (Å²) in [5.74, 6) is 0.312. The van der Waals surface area contributed by atoms with Crippen LogP contribution in [0.3, 0.4) is 0 Å². The second-order valence-corrected chi connectivity index (χ2v) is 4.97. The Labute approximate surface area is 128 Å². The third-order valence-electron chi connectivity index (χ3n) is 3.60. The van der Waals surface area contributed by atoms with Crippen LogP contribution in [0.15, 0.2) is 97.1 Å². The fraction of sp³-hybridized carbons (Fsp3) is 0.143. The first-order valence-corrected chi connectivity index (χ1v) is 7.44. The molecule has 0 aliphatic rings. The number of hydrogen-bond acceptors (Lipinski definition) is 0. The Bertz CT molecular complexity index is 564. The minimum atomic E-state index is 0.312. The lowest BCUT2D eigenvalue weighted by molar-refractivity contribution is 0.880. The summed E-state index contributed by atoms with van der Waals surface area (Å²) in [6.45, 7) is 5.94. The zero-order valence-electron chi connectivity index (χ0n) is 12.6. The zero-order chi connectivity index (χ0) is 14.9. The molecule has 0 radical (unpaired) electrons. The maximum atomic E-state index is 3.73. The highest BCUT2D eigenvalue weighted by Crippen LogP contribution is 2.33. The van der Waals surface area contributed by atoms with Crippen molar-refractivity contribution >= 4 is 0 Å². The van der Waals surface area contributed by atoms with E-state index in [0.717, 1.165) is 6.42 Å². The number of rotatable bonds is 6. The average Bonchev–Trinajstić information content (AvgIpc) is 2.56. The largest absolute Gasteiger partial charge is 0.0991 e. The Hall–Kier alpha value is -2.34. The van der Waals surface area contributed by atoms with Crippen molar-refractivity contribution in [3.8, 4) is 0 Å². The molecule has 0 aliphatic carbocycles. The molecule has 2 aromatic rings. The van der Waals surface area contributed by atoms with Crippen molar-refractivity contribution in [1.29, 1.82) is 0 Å². The Kier molecular flexibility index (Phi) is 5.78. The van der Waals surface area contributed by atoms with E-state index in [9.17, 15) is 0 Å². The Morgan fingerprint density at radius 1 is 0.905 bits per heavy atom. The van der Waals surface area contributed by atoms with Gasteiger partial charge in [0.05, 0.1) is 0 Å². The molecule has 0 heterocycles. The highest BCUT2D eigenvalue weighted by atomic mass is 14.2. The molecule has 106 valence electrons. The van der Waals surface area contributed by atoms with Crippen LogP contribution in [0.2, 0.25) is 0 Å². The Balaban J connectivity index is 2.47. The first kappa shape index (κ1) is 15.1. The van der Waals surface area contributed by atoms with E-state index in [4.69, 9.17) is 0 Å². The zero-order valence-corrected chi connectivity index (χ0v) is 12.6. The van der Waals surface area contributed by atoms with Gasteiger partial charge in [-0.3, -0.25) is 0 Å². The van der Waals surface area contributed by atoms with Gasteiger partial charge in [0, 0.05) is 5.92 Å². The first-order chi connectivity index (χ1) is 10.4. The summed E-state index contributed by atoms with van der Waals surface area (Å²) in [6.07, 6.45) is 9.10. The molecule has 0 spiro atoms. The van der Waals surface area contributed by atoms with Gasteiger partial charge in [-0.15, -0.1) is 0 Å². The summed E-state index contributed by atoms with van der Waals surface area (Å²) in [5.41, 5.74) is 4.08. The van der Waals surface area contributed by atoms with Gasteiger partial charge in [-0.05, 0) is 17.5 Å². The average molecular weight is 274 g/mol. The third kappa shape index (κ3) is 4.06. The normalized spacial score (nSPS) is 12.0. The van der Waals surface area contributed by atoms with Crippen molar-refractivity contribution in [3.05, 3.63) is 108 Å². The van der Waals surface area contributed by atoms with Crippen molar-refractivity contribution in [2.75, 3.05) is 0 Å². The van der Waals surface area contributed by atoms with E-state index < -0.39 is 0 Å². The summed E-state index contributed by atoms with van der Waals surface area (Å²) in [6, 6.07) is 21.4. The van der Waals surface area contributed by atoms with Gasteiger partial charge < -0.3 is 0 Å². The second kappa shape index (κ2) is 8.06. The number of allylic oxidation sites excluding steroid dienone is 5. The minimum Gasteiger partial charge on any atom is -0.0991 e. The number of hydrogen-bond donors (Lipinski definition) is 0. The summed E-state index contributed by atoms with van der Waals surface area (Å²) < 4.78 is 0. The summed E-state index contributed by atoms with van der Waals surface area (Å²) in [5, 5.41) is 0. The molecule has 0 saturated heterocycles. The molecule has 0 aromatic heterocycles. The molecule has 0 nitrogen and oxygen atoms in total. The highest BCUT2D eigenvalue weighted by Gasteiger charge is 2.16. The van der Waals surface area contributed by atoms with E-state index in [1.54, 1.807) is 0 Å². The Morgan fingerprint density at radius 3 is 1.86 bits per heavy atom. The quantitative estimate of drug-likeness (QED) is 0.575. The molecule has 0 N–H and O–H groups in total. The molecule has 0 fully saturated rings. The molecule has 0 bridgehead atoms. The lowest BCUT2D eigenvalue weighted by atomic mass is 9.83. The fourth-order valence-corrected chi connectivity index (χ4v) is 2.59.